The van der Waals surface area contributed by atoms with Crippen molar-refractivity contribution in [2.45, 2.75) is 45.3 Å². The number of hydrogen-bond acceptors (Lipinski definition) is 3. The number of carbonyl (C=O) groups is 2. The molecule has 0 unspecified atom stereocenters. The van der Waals surface area contributed by atoms with Crippen LogP contribution in [0.1, 0.15) is 33.6 Å². The molecule has 15 heavy (non-hydrogen) atoms. The van der Waals surface area contributed by atoms with Gasteiger partial charge in [-0.25, -0.2) is 4.79 Å². The van der Waals surface area contributed by atoms with Crippen LogP contribution in [0.25, 0.3) is 0 Å². The average molecular weight is 211 g/mol. The number of carbonyl (C=O) groups excluding carboxylic acids is 2. The summed E-state index contributed by atoms with van der Waals surface area (Å²) < 4.78 is 5.18. The zero-order valence-corrected chi connectivity index (χ0v) is 9.45. The van der Waals surface area contributed by atoms with Gasteiger partial charge in [0.25, 0.3) is 0 Å². The van der Waals surface area contributed by atoms with Crippen LogP contribution in [0.5, 0.6) is 0 Å². The smallest absolute Gasteiger partial charge is 0.410 e. The molecule has 1 amide bonds. The maximum Gasteiger partial charge on any atom is 0.410 e. The Morgan fingerprint density at radius 3 is 2.47 bits per heavy atom. The first-order valence-electron chi connectivity index (χ1n) is 5.10. The second-order valence-corrected chi connectivity index (χ2v) is 4.73. The van der Waals surface area contributed by atoms with Gasteiger partial charge in [0.1, 0.15) is 5.60 Å². The fraction of sp³-hybridized carbons (Fsp3) is 0.727. The molecule has 0 saturated carbocycles. The third kappa shape index (κ3) is 3.22. The molecule has 0 aliphatic carbocycles. The van der Waals surface area contributed by atoms with E-state index >= 15 is 0 Å². The number of amides is 1. The number of likely N-dealkylation sites (tertiary alicyclic amines) is 1. The van der Waals surface area contributed by atoms with Gasteiger partial charge in [-0.1, -0.05) is 0 Å². The van der Waals surface area contributed by atoms with Gasteiger partial charge >= 0.3 is 6.09 Å². The maximum atomic E-state index is 11.7. The van der Waals surface area contributed by atoms with Gasteiger partial charge in [-0.2, -0.15) is 0 Å². The molecule has 0 aromatic rings. The number of hydrogen-bond donors (Lipinski definition) is 0. The van der Waals surface area contributed by atoms with Crippen LogP contribution in [-0.4, -0.2) is 35.0 Å². The van der Waals surface area contributed by atoms with E-state index in [1.165, 1.54) is 4.90 Å². The largest absolute Gasteiger partial charge is 0.444 e. The molecule has 84 valence electrons. The van der Waals surface area contributed by atoms with Crippen LogP contribution in [0.3, 0.4) is 0 Å². The summed E-state index contributed by atoms with van der Waals surface area (Å²) in [5.74, 6) is -0.460. The first kappa shape index (κ1) is 12.0. The van der Waals surface area contributed by atoms with Crippen LogP contribution in [-0.2, 0) is 9.53 Å². The Morgan fingerprint density at radius 1 is 1.40 bits per heavy atom. The summed E-state index contributed by atoms with van der Waals surface area (Å²) in [5, 5.41) is 0. The summed E-state index contributed by atoms with van der Waals surface area (Å²) in [6.45, 7) is 11.1. The van der Waals surface area contributed by atoms with Crippen LogP contribution in [0.4, 0.5) is 4.79 Å². The average Bonchev–Trinajstić information content (AvgIpc) is 2.47. The molecule has 4 nitrogen and oxygen atoms in total. The van der Waals surface area contributed by atoms with Crippen molar-refractivity contribution in [3.8, 4) is 0 Å². The molecule has 2 radical (unpaired) electrons. The molecule has 0 spiro atoms. The summed E-state index contributed by atoms with van der Waals surface area (Å²) in [6, 6.07) is -0.500. The van der Waals surface area contributed by atoms with E-state index < -0.39 is 23.5 Å². The molecule has 1 atom stereocenters. The van der Waals surface area contributed by atoms with E-state index in [1.54, 1.807) is 20.8 Å². The van der Waals surface area contributed by atoms with Crippen LogP contribution in [0.15, 0.2) is 0 Å². The minimum absolute atomic E-state index is 0.455. The molecule has 1 rings (SSSR count). The zero-order valence-electron chi connectivity index (χ0n) is 9.45. The van der Waals surface area contributed by atoms with Crippen molar-refractivity contribution in [2.75, 3.05) is 6.54 Å². The van der Waals surface area contributed by atoms with Gasteiger partial charge in [0.15, 0.2) is 5.78 Å². The SMILES string of the molecule is [CH]C(=O)[C@H]1CCCN1C(=O)OC(C)(C)C. The number of nitrogens with zero attached hydrogens (tertiary/aromatic N) is 1. The Kier molecular flexibility index (Phi) is 3.37. The van der Waals surface area contributed by atoms with Crippen LogP contribution in [0, 0.1) is 6.92 Å². The highest BCUT2D eigenvalue weighted by Gasteiger charge is 2.34. The topological polar surface area (TPSA) is 46.6 Å². The van der Waals surface area contributed by atoms with E-state index in [-0.39, 0.29) is 0 Å². The van der Waals surface area contributed by atoms with Crippen LogP contribution < -0.4 is 0 Å². The lowest BCUT2D eigenvalue weighted by atomic mass is 10.1. The molecule has 0 aromatic heterocycles. The van der Waals surface area contributed by atoms with Gasteiger partial charge < -0.3 is 4.74 Å². The summed E-state index contributed by atoms with van der Waals surface area (Å²) in [7, 11) is 0. The molecule has 1 aliphatic heterocycles. The lowest BCUT2D eigenvalue weighted by Gasteiger charge is -2.27. The summed E-state index contributed by atoms with van der Waals surface area (Å²) >= 11 is 0. The predicted octanol–water partition coefficient (Wildman–Crippen LogP) is 1.67. The van der Waals surface area contributed by atoms with Crippen molar-refractivity contribution in [1.82, 2.24) is 4.90 Å². The van der Waals surface area contributed by atoms with E-state index in [4.69, 9.17) is 11.7 Å². The lowest BCUT2D eigenvalue weighted by Crippen LogP contribution is -2.42. The third-order valence-electron chi connectivity index (χ3n) is 2.21. The molecule has 0 bridgehead atoms. The highest BCUT2D eigenvalue weighted by molar-refractivity contribution is 5.91. The fourth-order valence-electron chi connectivity index (χ4n) is 1.60. The Hall–Kier alpha value is -1.06. The lowest BCUT2D eigenvalue weighted by molar-refractivity contribution is -0.119. The van der Waals surface area contributed by atoms with E-state index in [9.17, 15) is 9.59 Å². The van der Waals surface area contributed by atoms with Crippen LogP contribution in [0.2, 0.25) is 0 Å². The standard InChI is InChI=1S/C11H17NO3/c1-8(13)9-6-5-7-12(9)10(14)15-11(2,3)4/h1,9H,5-7H2,2-4H3/t9-/m1/s1. The monoisotopic (exact) mass is 211 g/mol. The van der Waals surface area contributed by atoms with Crippen molar-refractivity contribution in [3.05, 3.63) is 6.92 Å². The number of Topliss-reactive ketones (excluding diaryl/α,β-unsaturated/α-hetero) is 1. The third-order valence-corrected chi connectivity index (χ3v) is 2.21. The molecule has 0 N–H and O–H groups in total. The second-order valence-electron chi connectivity index (χ2n) is 4.73. The van der Waals surface area contributed by atoms with E-state index in [2.05, 4.69) is 0 Å². The van der Waals surface area contributed by atoms with Gasteiger partial charge in [-0.05, 0) is 33.6 Å². The maximum absolute atomic E-state index is 11.7. The van der Waals surface area contributed by atoms with Crippen molar-refractivity contribution in [3.63, 3.8) is 0 Å². The van der Waals surface area contributed by atoms with Crippen molar-refractivity contribution < 1.29 is 14.3 Å². The quantitative estimate of drug-likeness (QED) is 0.662. The summed E-state index contributed by atoms with van der Waals surface area (Å²) in [5.41, 5.74) is -0.540. The normalized spacial score (nSPS) is 21.6. The van der Waals surface area contributed by atoms with Gasteiger partial charge in [0, 0.05) is 13.5 Å². The summed E-state index contributed by atoms with van der Waals surface area (Å²) in [4.78, 5) is 24.1. The molecule has 1 saturated heterocycles. The first-order chi connectivity index (χ1) is 6.81. The van der Waals surface area contributed by atoms with Gasteiger partial charge in [0.2, 0.25) is 0 Å². The van der Waals surface area contributed by atoms with Gasteiger partial charge in [-0.15, -0.1) is 0 Å². The Morgan fingerprint density at radius 2 is 2.00 bits per heavy atom. The van der Waals surface area contributed by atoms with Gasteiger partial charge in [-0.3, -0.25) is 9.69 Å². The van der Waals surface area contributed by atoms with Crippen molar-refractivity contribution >= 4 is 11.9 Å². The van der Waals surface area contributed by atoms with Crippen molar-refractivity contribution in [1.29, 1.82) is 0 Å². The van der Waals surface area contributed by atoms with E-state index in [0.717, 1.165) is 6.42 Å². The zero-order chi connectivity index (χ0) is 11.6. The first-order valence-corrected chi connectivity index (χ1v) is 5.10. The molecule has 1 heterocycles. The molecule has 1 fully saturated rings. The Balaban J connectivity index is 2.63. The molecule has 1 aliphatic rings. The molecular weight excluding hydrogens is 194 g/mol. The highest BCUT2D eigenvalue weighted by atomic mass is 16.6. The Labute approximate surface area is 90.6 Å². The molecule has 0 aromatic carbocycles. The minimum Gasteiger partial charge on any atom is -0.444 e. The predicted molar refractivity (Wildman–Crippen MR) is 55.3 cm³/mol. The van der Waals surface area contributed by atoms with Crippen molar-refractivity contribution in [2.24, 2.45) is 0 Å². The van der Waals surface area contributed by atoms with E-state index in [0.29, 0.717) is 13.0 Å². The van der Waals surface area contributed by atoms with E-state index in [1.807, 2.05) is 0 Å². The second kappa shape index (κ2) is 4.21. The number of rotatable bonds is 1. The number of ether oxygens (including phenoxy) is 1. The summed E-state index contributed by atoms with van der Waals surface area (Å²) in [6.07, 6.45) is 0.977. The highest BCUT2D eigenvalue weighted by Crippen LogP contribution is 2.21. The fourth-order valence-corrected chi connectivity index (χ4v) is 1.60. The van der Waals surface area contributed by atoms with Gasteiger partial charge in [0.05, 0.1) is 6.04 Å². The molecular formula is C11H17NO3. The Bertz CT molecular complexity index is 267. The minimum atomic E-state index is -0.540. The number of ketones is 1. The van der Waals surface area contributed by atoms with Crippen LogP contribution >= 0.6 is 0 Å². The molecule has 4 heteroatoms.